The molecule has 1 N–H and O–H groups in total. The maximum absolute atomic E-state index is 3.47. The van der Waals surface area contributed by atoms with Crippen LogP contribution in [0.15, 0.2) is 0 Å². The molecule has 0 radical (unpaired) electrons. The molecule has 1 heterocycles. The van der Waals surface area contributed by atoms with Crippen LogP contribution in [0.25, 0.3) is 0 Å². The first-order chi connectivity index (χ1) is 7.77. The average Bonchev–Trinajstić information content (AvgIpc) is 2.34. The summed E-state index contributed by atoms with van der Waals surface area (Å²) in [4.78, 5) is 5.21. The van der Waals surface area contributed by atoms with Crippen molar-refractivity contribution in [3.63, 3.8) is 0 Å². The quantitative estimate of drug-likeness (QED) is 0.663. The lowest BCUT2D eigenvalue weighted by Gasteiger charge is -2.37. The molecular formula is C13H29N3. The normalized spacial score (nSPS) is 21.2. The minimum Gasteiger partial charge on any atom is -0.315 e. The molecule has 0 aromatic carbocycles. The molecule has 0 saturated carbocycles. The summed E-state index contributed by atoms with van der Waals surface area (Å²) in [5, 5.41) is 3.47. The molecule has 0 aromatic heterocycles. The molecule has 0 spiro atoms. The summed E-state index contributed by atoms with van der Waals surface area (Å²) in [5.74, 6) is 0. The van der Waals surface area contributed by atoms with Gasteiger partial charge in [0.1, 0.15) is 0 Å². The number of nitrogens with one attached hydrogen (secondary N) is 1. The second-order valence-electron chi connectivity index (χ2n) is 4.88. The molecule has 1 saturated heterocycles. The van der Waals surface area contributed by atoms with Crippen molar-refractivity contribution < 1.29 is 0 Å². The first-order valence-corrected chi connectivity index (χ1v) is 6.95. The topological polar surface area (TPSA) is 18.5 Å². The second-order valence-corrected chi connectivity index (χ2v) is 4.88. The highest BCUT2D eigenvalue weighted by molar-refractivity contribution is 4.75. The fraction of sp³-hybridized carbons (Fsp3) is 1.00. The fourth-order valence-electron chi connectivity index (χ4n) is 2.22. The van der Waals surface area contributed by atoms with Crippen molar-refractivity contribution in [2.75, 3.05) is 45.8 Å². The van der Waals surface area contributed by atoms with Crippen LogP contribution in [-0.4, -0.2) is 61.7 Å². The number of nitrogens with zero attached hydrogens (tertiary/aromatic N) is 2. The van der Waals surface area contributed by atoms with Crippen molar-refractivity contribution in [3.8, 4) is 0 Å². The van der Waals surface area contributed by atoms with Crippen molar-refractivity contribution in [1.29, 1.82) is 0 Å². The Morgan fingerprint density at radius 2 is 1.75 bits per heavy atom. The third kappa shape index (κ3) is 4.81. The first kappa shape index (κ1) is 13.9. The van der Waals surface area contributed by atoms with Gasteiger partial charge in [0.15, 0.2) is 0 Å². The number of hydrogen-bond donors (Lipinski definition) is 1. The molecule has 16 heavy (non-hydrogen) atoms. The monoisotopic (exact) mass is 227 g/mol. The zero-order valence-corrected chi connectivity index (χ0v) is 11.3. The maximum atomic E-state index is 3.47. The summed E-state index contributed by atoms with van der Waals surface area (Å²) in [7, 11) is 0. The Labute approximate surface area is 101 Å². The van der Waals surface area contributed by atoms with E-state index in [-0.39, 0.29) is 0 Å². The molecule has 1 fully saturated rings. The van der Waals surface area contributed by atoms with E-state index in [0.29, 0.717) is 0 Å². The molecule has 1 rings (SSSR count). The molecule has 3 nitrogen and oxygen atoms in total. The molecule has 96 valence electrons. The third-order valence-electron chi connectivity index (χ3n) is 3.65. The van der Waals surface area contributed by atoms with Gasteiger partial charge in [0, 0.05) is 45.3 Å². The van der Waals surface area contributed by atoms with Gasteiger partial charge in [0.25, 0.3) is 0 Å². The SMILES string of the molecule is CCCNCCN1CCN(C(C)CC)CC1. The van der Waals surface area contributed by atoms with Crippen molar-refractivity contribution in [3.05, 3.63) is 0 Å². The Morgan fingerprint density at radius 1 is 1.06 bits per heavy atom. The van der Waals surface area contributed by atoms with Crippen LogP contribution < -0.4 is 5.32 Å². The van der Waals surface area contributed by atoms with E-state index in [0.717, 1.165) is 19.1 Å². The van der Waals surface area contributed by atoms with Gasteiger partial charge < -0.3 is 5.32 Å². The first-order valence-electron chi connectivity index (χ1n) is 6.95. The van der Waals surface area contributed by atoms with E-state index in [4.69, 9.17) is 0 Å². The zero-order valence-electron chi connectivity index (χ0n) is 11.3. The highest BCUT2D eigenvalue weighted by Crippen LogP contribution is 2.07. The van der Waals surface area contributed by atoms with Crippen LogP contribution in [-0.2, 0) is 0 Å². The largest absolute Gasteiger partial charge is 0.315 e. The smallest absolute Gasteiger partial charge is 0.0113 e. The van der Waals surface area contributed by atoms with Crippen LogP contribution in [0, 0.1) is 0 Å². The van der Waals surface area contributed by atoms with E-state index < -0.39 is 0 Å². The van der Waals surface area contributed by atoms with Gasteiger partial charge >= 0.3 is 0 Å². The average molecular weight is 227 g/mol. The van der Waals surface area contributed by atoms with Crippen LogP contribution in [0.4, 0.5) is 0 Å². The van der Waals surface area contributed by atoms with E-state index in [1.165, 1.54) is 45.6 Å². The molecule has 1 aliphatic rings. The zero-order chi connectivity index (χ0) is 11.8. The van der Waals surface area contributed by atoms with Crippen LogP contribution in [0.2, 0.25) is 0 Å². The van der Waals surface area contributed by atoms with Crippen molar-refractivity contribution >= 4 is 0 Å². The van der Waals surface area contributed by atoms with Gasteiger partial charge in [-0.15, -0.1) is 0 Å². The van der Waals surface area contributed by atoms with Crippen molar-refractivity contribution in [2.45, 2.75) is 39.7 Å². The minimum absolute atomic E-state index is 0.764. The molecule has 0 bridgehead atoms. The Hall–Kier alpha value is -0.120. The van der Waals surface area contributed by atoms with E-state index in [9.17, 15) is 0 Å². The van der Waals surface area contributed by atoms with Crippen molar-refractivity contribution in [1.82, 2.24) is 15.1 Å². The number of hydrogen-bond acceptors (Lipinski definition) is 3. The van der Waals surface area contributed by atoms with E-state index in [2.05, 4.69) is 35.9 Å². The van der Waals surface area contributed by atoms with Crippen LogP contribution in [0.1, 0.15) is 33.6 Å². The Bertz CT molecular complexity index is 165. The molecule has 3 heteroatoms. The number of piperazine rings is 1. The van der Waals surface area contributed by atoms with Crippen LogP contribution >= 0.6 is 0 Å². The standard InChI is InChI=1S/C13H29N3/c1-4-6-14-7-8-15-9-11-16(12-10-15)13(3)5-2/h13-14H,4-12H2,1-3H3. The van der Waals surface area contributed by atoms with Crippen LogP contribution in [0.5, 0.6) is 0 Å². The van der Waals surface area contributed by atoms with Gasteiger partial charge in [-0.25, -0.2) is 0 Å². The Kier molecular flexibility index (Phi) is 7.01. The lowest BCUT2D eigenvalue weighted by Crippen LogP contribution is -2.50. The van der Waals surface area contributed by atoms with Crippen LogP contribution in [0.3, 0.4) is 0 Å². The summed E-state index contributed by atoms with van der Waals surface area (Å²) >= 11 is 0. The Morgan fingerprint density at radius 3 is 2.31 bits per heavy atom. The summed E-state index contributed by atoms with van der Waals surface area (Å²) in [6, 6.07) is 0.764. The van der Waals surface area contributed by atoms with Gasteiger partial charge in [0.05, 0.1) is 0 Å². The molecule has 0 aliphatic carbocycles. The molecular weight excluding hydrogens is 198 g/mol. The highest BCUT2D eigenvalue weighted by Gasteiger charge is 2.19. The molecule has 1 unspecified atom stereocenters. The lowest BCUT2D eigenvalue weighted by molar-refractivity contribution is 0.101. The lowest BCUT2D eigenvalue weighted by atomic mass is 10.2. The van der Waals surface area contributed by atoms with Gasteiger partial charge in [-0.05, 0) is 26.3 Å². The van der Waals surface area contributed by atoms with E-state index in [1.54, 1.807) is 0 Å². The third-order valence-corrected chi connectivity index (χ3v) is 3.65. The van der Waals surface area contributed by atoms with Crippen molar-refractivity contribution in [2.24, 2.45) is 0 Å². The van der Waals surface area contributed by atoms with E-state index >= 15 is 0 Å². The van der Waals surface area contributed by atoms with Gasteiger partial charge in [-0.1, -0.05) is 13.8 Å². The van der Waals surface area contributed by atoms with Gasteiger partial charge in [0.2, 0.25) is 0 Å². The summed E-state index contributed by atoms with van der Waals surface area (Å²) in [5.41, 5.74) is 0. The molecule has 0 aromatic rings. The second kappa shape index (κ2) is 8.04. The molecule has 0 amide bonds. The number of rotatable bonds is 7. The summed E-state index contributed by atoms with van der Waals surface area (Å²) in [6.07, 6.45) is 2.51. The van der Waals surface area contributed by atoms with Gasteiger partial charge in [-0.3, -0.25) is 9.80 Å². The molecule has 1 aliphatic heterocycles. The molecule has 1 atom stereocenters. The minimum atomic E-state index is 0.764. The maximum Gasteiger partial charge on any atom is 0.0113 e. The summed E-state index contributed by atoms with van der Waals surface area (Å²) < 4.78 is 0. The van der Waals surface area contributed by atoms with Gasteiger partial charge in [-0.2, -0.15) is 0 Å². The predicted octanol–water partition coefficient (Wildman–Crippen LogP) is 1.40. The summed E-state index contributed by atoms with van der Waals surface area (Å²) in [6.45, 7) is 15.4. The Balaban J connectivity index is 2.07. The highest BCUT2D eigenvalue weighted by atomic mass is 15.3. The van der Waals surface area contributed by atoms with E-state index in [1.807, 2.05) is 0 Å². The fourth-order valence-corrected chi connectivity index (χ4v) is 2.22. The predicted molar refractivity (Wildman–Crippen MR) is 70.9 cm³/mol.